The van der Waals surface area contributed by atoms with Gasteiger partial charge < -0.3 is 9.80 Å². The molecule has 0 atom stereocenters. The molecule has 4 rings (SSSR count). The zero-order valence-corrected chi connectivity index (χ0v) is 18.2. The Bertz CT molecular complexity index is 1020. The lowest BCUT2D eigenvalue weighted by atomic mass is 10.1. The van der Waals surface area contributed by atoms with E-state index in [1.165, 1.54) is 0 Å². The van der Waals surface area contributed by atoms with Gasteiger partial charge in [0.25, 0.3) is 5.91 Å². The second kappa shape index (κ2) is 7.48. The Morgan fingerprint density at radius 2 is 1.24 bits per heavy atom. The first kappa shape index (κ1) is 19.4. The number of amides is 1. The van der Waals surface area contributed by atoms with E-state index in [4.69, 9.17) is 0 Å². The van der Waals surface area contributed by atoms with Crippen LogP contribution in [0.15, 0.2) is 70.5 Å². The maximum Gasteiger partial charge on any atom is 0.262 e. The molecule has 4 nitrogen and oxygen atoms in total. The van der Waals surface area contributed by atoms with Crippen LogP contribution in [-0.2, 0) is 0 Å². The number of carbonyl (C=O) groups excluding carboxylic acids is 1. The van der Waals surface area contributed by atoms with Crippen molar-refractivity contribution in [2.75, 3.05) is 42.9 Å². The standard InChI is InChI=1S/C24H25N3OS/c1-16-6-8-17(9-7-16)24(28)27-20-12-10-18(25(2)3)14-22(20)29-23-15-19(26(4)5)11-13-21(23)27/h6-15H,1-5H3. The number of anilines is 4. The van der Waals surface area contributed by atoms with Crippen LogP contribution in [0.5, 0.6) is 0 Å². The van der Waals surface area contributed by atoms with E-state index in [1.807, 2.05) is 76.4 Å². The maximum absolute atomic E-state index is 13.6. The summed E-state index contributed by atoms with van der Waals surface area (Å²) in [6.45, 7) is 2.03. The van der Waals surface area contributed by atoms with Gasteiger partial charge in [-0.25, -0.2) is 0 Å². The van der Waals surface area contributed by atoms with Gasteiger partial charge in [-0.1, -0.05) is 29.5 Å². The van der Waals surface area contributed by atoms with Gasteiger partial charge in [0.15, 0.2) is 0 Å². The molecule has 0 spiro atoms. The van der Waals surface area contributed by atoms with Crippen molar-refractivity contribution in [1.82, 2.24) is 0 Å². The van der Waals surface area contributed by atoms with Gasteiger partial charge in [-0.2, -0.15) is 0 Å². The Morgan fingerprint density at radius 3 is 1.69 bits per heavy atom. The highest BCUT2D eigenvalue weighted by Crippen LogP contribution is 2.50. The third kappa shape index (κ3) is 3.58. The van der Waals surface area contributed by atoms with Crippen molar-refractivity contribution < 1.29 is 4.79 Å². The SMILES string of the molecule is Cc1ccc(C(=O)N2c3ccc(N(C)C)cc3Sc3cc(N(C)C)ccc32)cc1. The highest BCUT2D eigenvalue weighted by molar-refractivity contribution is 7.99. The van der Waals surface area contributed by atoms with E-state index in [1.54, 1.807) is 11.8 Å². The van der Waals surface area contributed by atoms with Crippen molar-refractivity contribution in [2.45, 2.75) is 16.7 Å². The van der Waals surface area contributed by atoms with Gasteiger partial charge in [-0.3, -0.25) is 9.69 Å². The molecule has 0 unspecified atom stereocenters. The third-order valence-corrected chi connectivity index (χ3v) is 6.22. The summed E-state index contributed by atoms with van der Waals surface area (Å²) in [5, 5.41) is 0. The van der Waals surface area contributed by atoms with Gasteiger partial charge in [0.1, 0.15) is 0 Å². The summed E-state index contributed by atoms with van der Waals surface area (Å²) in [5.74, 6) is -0.0111. The molecule has 29 heavy (non-hydrogen) atoms. The van der Waals surface area contributed by atoms with Gasteiger partial charge in [0, 0.05) is 54.9 Å². The van der Waals surface area contributed by atoms with Crippen molar-refractivity contribution in [3.05, 3.63) is 71.8 Å². The van der Waals surface area contributed by atoms with Crippen LogP contribution in [0.4, 0.5) is 22.7 Å². The molecular weight excluding hydrogens is 378 g/mol. The Morgan fingerprint density at radius 1 is 0.759 bits per heavy atom. The Balaban J connectivity index is 1.87. The first-order valence-corrected chi connectivity index (χ1v) is 10.4. The molecule has 0 bridgehead atoms. The molecular formula is C24H25N3OS. The first-order chi connectivity index (χ1) is 13.8. The van der Waals surface area contributed by atoms with E-state index >= 15 is 0 Å². The highest BCUT2D eigenvalue weighted by Gasteiger charge is 2.29. The van der Waals surface area contributed by atoms with Crippen molar-refractivity contribution in [2.24, 2.45) is 0 Å². The molecule has 1 aliphatic rings. The van der Waals surface area contributed by atoms with Crippen LogP contribution in [0.1, 0.15) is 15.9 Å². The summed E-state index contributed by atoms with van der Waals surface area (Å²) in [6, 6.07) is 20.3. The monoisotopic (exact) mass is 403 g/mol. The number of aryl methyl sites for hydroxylation is 1. The van der Waals surface area contributed by atoms with E-state index in [0.717, 1.165) is 38.1 Å². The lowest BCUT2D eigenvalue weighted by molar-refractivity contribution is 0.0998. The fraction of sp³-hybridized carbons (Fsp3) is 0.208. The van der Waals surface area contributed by atoms with Crippen molar-refractivity contribution in [1.29, 1.82) is 0 Å². The molecule has 3 aromatic rings. The van der Waals surface area contributed by atoms with Crippen LogP contribution in [0, 0.1) is 6.92 Å². The molecule has 5 heteroatoms. The first-order valence-electron chi connectivity index (χ1n) is 9.57. The molecule has 0 saturated carbocycles. The molecule has 148 valence electrons. The van der Waals surface area contributed by atoms with E-state index in [0.29, 0.717) is 5.56 Å². The number of rotatable bonds is 3. The smallest absolute Gasteiger partial charge is 0.262 e. The quantitative estimate of drug-likeness (QED) is 0.571. The predicted molar refractivity (Wildman–Crippen MR) is 123 cm³/mol. The van der Waals surface area contributed by atoms with Crippen molar-refractivity contribution >= 4 is 40.4 Å². The zero-order valence-electron chi connectivity index (χ0n) is 17.4. The van der Waals surface area contributed by atoms with Gasteiger partial charge >= 0.3 is 0 Å². The van der Waals surface area contributed by atoms with Crippen LogP contribution < -0.4 is 14.7 Å². The minimum atomic E-state index is -0.0111. The highest BCUT2D eigenvalue weighted by atomic mass is 32.2. The maximum atomic E-state index is 13.6. The minimum absolute atomic E-state index is 0.0111. The number of fused-ring (bicyclic) bond motifs is 2. The number of nitrogens with zero attached hydrogens (tertiary/aromatic N) is 3. The minimum Gasteiger partial charge on any atom is -0.378 e. The van der Waals surface area contributed by atoms with E-state index < -0.39 is 0 Å². The van der Waals surface area contributed by atoms with E-state index in [-0.39, 0.29) is 5.91 Å². The van der Waals surface area contributed by atoms with Crippen LogP contribution >= 0.6 is 11.8 Å². The predicted octanol–water partition coefficient (Wildman–Crippen LogP) is 5.57. The number of hydrogen-bond donors (Lipinski definition) is 0. The fourth-order valence-electron chi connectivity index (χ4n) is 3.39. The topological polar surface area (TPSA) is 26.8 Å². The summed E-state index contributed by atoms with van der Waals surface area (Å²) in [5.41, 5.74) is 5.92. The van der Waals surface area contributed by atoms with E-state index in [2.05, 4.69) is 34.1 Å². The molecule has 0 N–H and O–H groups in total. The average molecular weight is 404 g/mol. The summed E-state index contributed by atoms with van der Waals surface area (Å²) in [4.78, 5) is 21.8. The molecule has 1 aliphatic heterocycles. The van der Waals surface area contributed by atoms with Crippen molar-refractivity contribution in [3.8, 4) is 0 Å². The van der Waals surface area contributed by atoms with Gasteiger partial charge in [-0.15, -0.1) is 0 Å². The van der Waals surface area contributed by atoms with Gasteiger partial charge in [0.05, 0.1) is 11.4 Å². The largest absolute Gasteiger partial charge is 0.378 e. The molecule has 0 aliphatic carbocycles. The Labute approximate surface area is 176 Å². The third-order valence-electron chi connectivity index (χ3n) is 5.12. The summed E-state index contributed by atoms with van der Waals surface area (Å²) in [7, 11) is 8.12. The molecule has 1 amide bonds. The van der Waals surface area contributed by atoms with Gasteiger partial charge in [-0.05, 0) is 55.5 Å². The summed E-state index contributed by atoms with van der Waals surface area (Å²) < 4.78 is 0. The fourth-order valence-corrected chi connectivity index (χ4v) is 4.51. The van der Waals surface area contributed by atoms with Crippen LogP contribution in [0.2, 0.25) is 0 Å². The van der Waals surface area contributed by atoms with Crippen LogP contribution in [-0.4, -0.2) is 34.1 Å². The molecule has 0 fully saturated rings. The van der Waals surface area contributed by atoms with Crippen LogP contribution in [0.25, 0.3) is 0 Å². The second-order valence-electron chi connectivity index (χ2n) is 7.70. The molecule has 1 heterocycles. The Hall–Kier alpha value is -2.92. The average Bonchev–Trinajstić information content (AvgIpc) is 2.71. The van der Waals surface area contributed by atoms with Crippen molar-refractivity contribution in [3.63, 3.8) is 0 Å². The lowest BCUT2D eigenvalue weighted by Crippen LogP contribution is -2.28. The lowest BCUT2D eigenvalue weighted by Gasteiger charge is -2.32. The molecule has 0 saturated heterocycles. The van der Waals surface area contributed by atoms with E-state index in [9.17, 15) is 4.79 Å². The normalized spacial score (nSPS) is 12.2. The molecule has 0 aromatic heterocycles. The van der Waals surface area contributed by atoms with Crippen LogP contribution in [0.3, 0.4) is 0 Å². The summed E-state index contributed by atoms with van der Waals surface area (Å²) in [6.07, 6.45) is 0. The number of carbonyl (C=O) groups is 1. The second-order valence-corrected chi connectivity index (χ2v) is 8.79. The Kier molecular flexibility index (Phi) is 5.01. The summed E-state index contributed by atoms with van der Waals surface area (Å²) >= 11 is 1.72. The molecule has 3 aromatic carbocycles. The van der Waals surface area contributed by atoms with Gasteiger partial charge in [0.2, 0.25) is 0 Å². The number of benzene rings is 3. The molecule has 0 radical (unpaired) electrons. The zero-order chi connectivity index (χ0) is 20.7. The number of hydrogen-bond acceptors (Lipinski definition) is 4.